The Bertz CT molecular complexity index is 1290. The fourth-order valence-corrected chi connectivity index (χ4v) is 4.08. The standard InChI is InChI=1S/C21H28N6O4S/c1-4-9-31-19-6-5-13(32(29,30)24-7-8-27(2)3)10-15(19)20-25-18-12-17(23)16(22)11-14(18)21(28)26-20/h5-6,10-12,24H,4,7-9,22-23H2,1-3H3,(H,25,26,28). The maximum atomic E-state index is 12.8. The molecule has 0 aliphatic carbocycles. The SMILES string of the molecule is CCCOc1ccc(S(=O)(=O)NCCN(C)C)cc1-c1nc2cc(N)c(N)cc2c(=O)[nH]1. The third-order valence-corrected chi connectivity index (χ3v) is 6.20. The number of likely N-dealkylation sites (N-methyl/N-ethyl adjacent to an activating group) is 1. The Hall–Kier alpha value is -3.15. The quantitative estimate of drug-likeness (QED) is 0.349. The van der Waals surface area contributed by atoms with Crippen molar-refractivity contribution in [1.82, 2.24) is 19.6 Å². The number of sulfonamides is 1. The zero-order valence-electron chi connectivity index (χ0n) is 18.3. The number of nitrogens with two attached hydrogens (primary N) is 2. The van der Waals surface area contributed by atoms with Gasteiger partial charge in [0.05, 0.1) is 39.3 Å². The molecule has 172 valence electrons. The maximum Gasteiger partial charge on any atom is 0.259 e. The number of aromatic amines is 1. The predicted molar refractivity (Wildman–Crippen MR) is 126 cm³/mol. The topological polar surface area (TPSA) is 156 Å². The smallest absolute Gasteiger partial charge is 0.259 e. The van der Waals surface area contributed by atoms with Gasteiger partial charge in [0, 0.05) is 13.1 Å². The summed E-state index contributed by atoms with van der Waals surface area (Å²) in [6, 6.07) is 7.44. The Morgan fingerprint density at radius 2 is 1.88 bits per heavy atom. The van der Waals surface area contributed by atoms with Gasteiger partial charge in [-0.1, -0.05) is 6.92 Å². The number of ether oxygens (including phenoxy) is 1. The summed E-state index contributed by atoms with van der Waals surface area (Å²) < 4.78 is 33.9. The van der Waals surface area contributed by atoms with E-state index >= 15 is 0 Å². The van der Waals surface area contributed by atoms with Crippen LogP contribution in [0.2, 0.25) is 0 Å². The number of nitrogen functional groups attached to an aromatic ring is 2. The molecular formula is C21H28N6O4S. The number of H-pyrrole nitrogens is 1. The summed E-state index contributed by atoms with van der Waals surface area (Å²) in [6.45, 7) is 3.18. The van der Waals surface area contributed by atoms with Gasteiger partial charge in [-0.05, 0) is 50.8 Å². The molecule has 2 aromatic carbocycles. The lowest BCUT2D eigenvalue weighted by molar-refractivity contribution is 0.318. The minimum absolute atomic E-state index is 0.0367. The molecular weight excluding hydrogens is 432 g/mol. The molecule has 32 heavy (non-hydrogen) atoms. The van der Waals surface area contributed by atoms with Crippen LogP contribution < -0.4 is 26.5 Å². The van der Waals surface area contributed by atoms with Crippen LogP contribution in [0, 0.1) is 0 Å². The Balaban J connectivity index is 2.12. The van der Waals surface area contributed by atoms with Gasteiger partial charge < -0.3 is 26.1 Å². The van der Waals surface area contributed by atoms with Gasteiger partial charge in [0.2, 0.25) is 10.0 Å². The summed E-state index contributed by atoms with van der Waals surface area (Å²) in [6.07, 6.45) is 0.753. The first-order chi connectivity index (χ1) is 15.1. The Morgan fingerprint density at radius 1 is 1.16 bits per heavy atom. The summed E-state index contributed by atoms with van der Waals surface area (Å²) in [5.41, 5.74) is 12.5. The van der Waals surface area contributed by atoms with Gasteiger partial charge in [0.1, 0.15) is 11.6 Å². The summed E-state index contributed by atoms with van der Waals surface area (Å²) in [7, 11) is -0.0661. The fraction of sp³-hybridized carbons (Fsp3) is 0.333. The summed E-state index contributed by atoms with van der Waals surface area (Å²) in [4.78, 5) is 21.8. The van der Waals surface area contributed by atoms with Crippen molar-refractivity contribution < 1.29 is 13.2 Å². The molecule has 1 aromatic heterocycles. The van der Waals surface area contributed by atoms with Gasteiger partial charge in [-0.2, -0.15) is 0 Å². The number of nitrogens with one attached hydrogen (secondary N) is 2. The molecule has 0 unspecified atom stereocenters. The second-order valence-corrected chi connectivity index (χ2v) is 9.39. The average Bonchev–Trinajstić information content (AvgIpc) is 2.73. The lowest BCUT2D eigenvalue weighted by Gasteiger charge is -2.14. The van der Waals surface area contributed by atoms with E-state index in [9.17, 15) is 13.2 Å². The minimum Gasteiger partial charge on any atom is -0.493 e. The molecule has 11 heteroatoms. The molecule has 6 N–H and O–H groups in total. The van der Waals surface area contributed by atoms with Crippen LogP contribution in [0.25, 0.3) is 22.3 Å². The van der Waals surface area contributed by atoms with Gasteiger partial charge in [-0.15, -0.1) is 0 Å². The summed E-state index contributed by atoms with van der Waals surface area (Å²) >= 11 is 0. The second-order valence-electron chi connectivity index (χ2n) is 7.62. The Labute approximate surface area is 186 Å². The lowest BCUT2D eigenvalue weighted by atomic mass is 10.1. The maximum absolute atomic E-state index is 12.8. The minimum atomic E-state index is -3.78. The van der Waals surface area contributed by atoms with Crippen molar-refractivity contribution in [3.8, 4) is 17.1 Å². The zero-order chi connectivity index (χ0) is 23.5. The Morgan fingerprint density at radius 3 is 2.56 bits per heavy atom. The van der Waals surface area contributed by atoms with Crippen molar-refractivity contribution in [2.24, 2.45) is 0 Å². The molecule has 0 saturated carbocycles. The first-order valence-electron chi connectivity index (χ1n) is 10.1. The van der Waals surface area contributed by atoms with Crippen LogP contribution in [0.4, 0.5) is 11.4 Å². The van der Waals surface area contributed by atoms with E-state index in [2.05, 4.69) is 14.7 Å². The van der Waals surface area contributed by atoms with Crippen LogP contribution in [0.5, 0.6) is 5.75 Å². The molecule has 0 atom stereocenters. The van der Waals surface area contributed by atoms with Crippen molar-refractivity contribution in [2.45, 2.75) is 18.2 Å². The molecule has 3 rings (SSSR count). The van der Waals surface area contributed by atoms with Crippen LogP contribution in [0.15, 0.2) is 40.0 Å². The van der Waals surface area contributed by atoms with Gasteiger partial charge in [0.15, 0.2) is 0 Å². The molecule has 0 spiro atoms. The number of aromatic nitrogens is 2. The second kappa shape index (κ2) is 9.55. The van der Waals surface area contributed by atoms with Gasteiger partial charge in [-0.3, -0.25) is 4.79 Å². The lowest BCUT2D eigenvalue weighted by Crippen LogP contribution is -2.31. The summed E-state index contributed by atoms with van der Waals surface area (Å²) in [5.74, 6) is 0.577. The predicted octanol–water partition coefficient (Wildman–Crippen LogP) is 1.38. The van der Waals surface area contributed by atoms with E-state index in [0.29, 0.717) is 35.7 Å². The van der Waals surface area contributed by atoms with Crippen molar-refractivity contribution in [1.29, 1.82) is 0 Å². The van der Waals surface area contributed by atoms with E-state index in [1.807, 2.05) is 25.9 Å². The highest BCUT2D eigenvalue weighted by Crippen LogP contribution is 2.31. The van der Waals surface area contributed by atoms with E-state index < -0.39 is 15.6 Å². The first kappa shape index (κ1) is 23.5. The molecule has 0 saturated heterocycles. The number of nitrogens with zero attached hydrogens (tertiary/aromatic N) is 2. The molecule has 10 nitrogen and oxygen atoms in total. The average molecular weight is 461 g/mol. The highest BCUT2D eigenvalue weighted by atomic mass is 32.2. The third-order valence-electron chi connectivity index (χ3n) is 4.74. The van der Waals surface area contributed by atoms with Crippen molar-refractivity contribution in [3.63, 3.8) is 0 Å². The molecule has 0 aliphatic heterocycles. The van der Waals surface area contributed by atoms with E-state index in [-0.39, 0.29) is 28.3 Å². The molecule has 0 aliphatic rings. The summed E-state index contributed by atoms with van der Waals surface area (Å²) in [5, 5.41) is 0.283. The highest BCUT2D eigenvalue weighted by molar-refractivity contribution is 7.89. The number of hydrogen-bond donors (Lipinski definition) is 4. The van der Waals surface area contributed by atoms with Crippen molar-refractivity contribution in [3.05, 3.63) is 40.7 Å². The molecule has 0 bridgehead atoms. The molecule has 0 radical (unpaired) electrons. The van der Waals surface area contributed by atoms with E-state index in [0.717, 1.165) is 6.42 Å². The molecule has 0 fully saturated rings. The van der Waals surface area contributed by atoms with Crippen LogP contribution in [0.3, 0.4) is 0 Å². The van der Waals surface area contributed by atoms with Crippen molar-refractivity contribution >= 4 is 32.3 Å². The number of rotatable bonds is 9. The van der Waals surface area contributed by atoms with E-state index in [1.54, 1.807) is 6.07 Å². The third kappa shape index (κ3) is 5.18. The number of fused-ring (bicyclic) bond motifs is 1. The fourth-order valence-electron chi connectivity index (χ4n) is 3.03. The number of benzene rings is 2. The molecule has 1 heterocycles. The highest BCUT2D eigenvalue weighted by Gasteiger charge is 2.19. The van der Waals surface area contributed by atoms with Crippen molar-refractivity contribution in [2.75, 3.05) is 45.3 Å². The zero-order valence-corrected chi connectivity index (χ0v) is 19.1. The monoisotopic (exact) mass is 460 g/mol. The molecule has 3 aromatic rings. The Kier molecular flexibility index (Phi) is 7.02. The van der Waals surface area contributed by atoms with Gasteiger partial charge in [-0.25, -0.2) is 18.1 Å². The number of hydrogen-bond acceptors (Lipinski definition) is 8. The van der Waals surface area contributed by atoms with Crippen LogP contribution >= 0.6 is 0 Å². The largest absolute Gasteiger partial charge is 0.493 e. The number of anilines is 2. The first-order valence-corrected chi connectivity index (χ1v) is 11.6. The van der Waals surface area contributed by atoms with Crippen LogP contribution in [0.1, 0.15) is 13.3 Å². The van der Waals surface area contributed by atoms with E-state index in [4.69, 9.17) is 16.2 Å². The van der Waals surface area contributed by atoms with Crippen LogP contribution in [-0.4, -0.2) is 57.1 Å². The molecule has 0 amide bonds. The van der Waals surface area contributed by atoms with Crippen LogP contribution in [-0.2, 0) is 10.0 Å². The van der Waals surface area contributed by atoms with Gasteiger partial charge >= 0.3 is 0 Å². The van der Waals surface area contributed by atoms with E-state index in [1.165, 1.54) is 24.3 Å². The van der Waals surface area contributed by atoms with Gasteiger partial charge in [0.25, 0.3) is 5.56 Å². The normalized spacial score (nSPS) is 11.9.